The Bertz CT molecular complexity index is 1500. The summed E-state index contributed by atoms with van der Waals surface area (Å²) in [5.74, 6) is 0.541. The third-order valence-electron chi connectivity index (χ3n) is 6.96. The molecule has 2 aromatic heterocycles. The van der Waals surface area contributed by atoms with Crippen molar-refractivity contribution in [1.29, 1.82) is 0 Å². The van der Waals surface area contributed by atoms with E-state index in [1.807, 2.05) is 92.0 Å². The molecule has 1 aliphatic heterocycles. The van der Waals surface area contributed by atoms with E-state index in [4.69, 9.17) is 4.74 Å². The highest BCUT2D eigenvalue weighted by Crippen LogP contribution is 2.27. The van der Waals surface area contributed by atoms with Crippen molar-refractivity contribution in [3.8, 4) is 17.0 Å². The molecule has 5 rings (SSSR count). The van der Waals surface area contributed by atoms with Gasteiger partial charge in [0.25, 0.3) is 11.8 Å². The van der Waals surface area contributed by atoms with E-state index < -0.39 is 0 Å². The van der Waals surface area contributed by atoms with Crippen molar-refractivity contribution in [1.82, 2.24) is 19.7 Å². The van der Waals surface area contributed by atoms with Crippen molar-refractivity contribution in [2.45, 2.75) is 52.2 Å². The van der Waals surface area contributed by atoms with Crippen molar-refractivity contribution in [2.75, 3.05) is 18.4 Å². The number of nitrogens with one attached hydrogen (secondary N) is 1. The summed E-state index contributed by atoms with van der Waals surface area (Å²) >= 11 is 0. The first-order valence-electron chi connectivity index (χ1n) is 13.6. The molecule has 2 aromatic carbocycles. The van der Waals surface area contributed by atoms with Gasteiger partial charge in [0.1, 0.15) is 11.4 Å². The van der Waals surface area contributed by atoms with Crippen LogP contribution in [0.2, 0.25) is 0 Å². The highest BCUT2D eigenvalue weighted by atomic mass is 16.5. The van der Waals surface area contributed by atoms with E-state index in [1.165, 1.54) is 0 Å². The molecular weight excluding hydrogens is 502 g/mol. The monoisotopic (exact) mass is 537 g/mol. The molecule has 8 nitrogen and oxygen atoms in total. The minimum absolute atomic E-state index is 0.0232. The molecule has 2 amide bonds. The van der Waals surface area contributed by atoms with Gasteiger partial charge in [0.05, 0.1) is 29.2 Å². The van der Waals surface area contributed by atoms with Crippen LogP contribution in [0.1, 0.15) is 65.9 Å². The van der Waals surface area contributed by atoms with E-state index in [1.54, 1.807) is 24.5 Å². The van der Waals surface area contributed by atoms with Crippen molar-refractivity contribution in [3.63, 3.8) is 0 Å². The molecule has 0 saturated carbocycles. The van der Waals surface area contributed by atoms with Crippen molar-refractivity contribution >= 4 is 17.5 Å². The van der Waals surface area contributed by atoms with Crippen molar-refractivity contribution < 1.29 is 14.3 Å². The zero-order chi connectivity index (χ0) is 28.3. The van der Waals surface area contributed by atoms with E-state index in [0.717, 1.165) is 29.7 Å². The molecule has 3 heterocycles. The highest BCUT2D eigenvalue weighted by molar-refractivity contribution is 6.08. The Kier molecular flexibility index (Phi) is 7.69. The number of amides is 2. The lowest BCUT2D eigenvalue weighted by atomic mass is 10.0. The van der Waals surface area contributed by atoms with Gasteiger partial charge in [-0.25, -0.2) is 0 Å². The summed E-state index contributed by atoms with van der Waals surface area (Å²) in [6.07, 6.45) is 6.79. The standard InChI is InChI=1S/C32H35N5O3/c1-22-8-5-6-9-27(22)29-28(10-7-17-33-29)30(38)35-24-20-34-37(21-24)25-15-18-36(19-16-25)31(39)23-11-13-26(14-12-23)40-32(2,3)4/h5-14,17,20-21,25H,15-16,18-19H2,1-4H3,(H,35,38). The largest absolute Gasteiger partial charge is 0.488 e. The van der Waals surface area contributed by atoms with Gasteiger partial charge in [-0.05, 0) is 82.5 Å². The number of pyridine rings is 1. The number of hydrogen-bond donors (Lipinski definition) is 1. The Labute approximate surface area is 235 Å². The van der Waals surface area contributed by atoms with Gasteiger partial charge < -0.3 is 15.0 Å². The van der Waals surface area contributed by atoms with Crippen LogP contribution in [0, 0.1) is 6.92 Å². The number of likely N-dealkylation sites (tertiary alicyclic amines) is 1. The molecule has 40 heavy (non-hydrogen) atoms. The van der Waals surface area contributed by atoms with E-state index in [2.05, 4.69) is 15.4 Å². The van der Waals surface area contributed by atoms with Gasteiger partial charge in [-0.3, -0.25) is 19.3 Å². The summed E-state index contributed by atoms with van der Waals surface area (Å²) in [7, 11) is 0. The van der Waals surface area contributed by atoms with Crippen molar-refractivity contribution in [2.24, 2.45) is 0 Å². The quantitative estimate of drug-likeness (QED) is 0.318. The van der Waals surface area contributed by atoms with E-state index in [0.29, 0.717) is 35.6 Å². The van der Waals surface area contributed by atoms with Gasteiger partial charge >= 0.3 is 0 Å². The van der Waals surface area contributed by atoms with Gasteiger partial charge in [-0.15, -0.1) is 0 Å². The van der Waals surface area contributed by atoms with Crippen LogP contribution in [0.25, 0.3) is 11.3 Å². The summed E-state index contributed by atoms with van der Waals surface area (Å²) in [4.78, 5) is 32.6. The molecule has 1 N–H and O–H groups in total. The number of piperidine rings is 1. The van der Waals surface area contributed by atoms with Crippen LogP contribution in [0.4, 0.5) is 5.69 Å². The first-order valence-corrected chi connectivity index (χ1v) is 13.6. The number of hydrogen-bond acceptors (Lipinski definition) is 5. The normalized spacial score (nSPS) is 14.2. The summed E-state index contributed by atoms with van der Waals surface area (Å²) in [6, 6.07) is 18.9. The Balaban J connectivity index is 1.19. The van der Waals surface area contributed by atoms with Crippen LogP contribution in [0.15, 0.2) is 79.3 Å². The minimum atomic E-state index is -0.286. The molecule has 206 valence electrons. The number of rotatable bonds is 6. The zero-order valence-corrected chi connectivity index (χ0v) is 23.4. The van der Waals surface area contributed by atoms with Gasteiger partial charge in [0.15, 0.2) is 0 Å². The number of ether oxygens (including phenoxy) is 1. The number of nitrogens with zero attached hydrogens (tertiary/aromatic N) is 4. The first-order chi connectivity index (χ1) is 19.2. The number of carbonyl (C=O) groups excluding carboxylic acids is 2. The van der Waals surface area contributed by atoms with Crippen LogP contribution < -0.4 is 10.1 Å². The molecule has 1 aliphatic rings. The molecule has 0 bridgehead atoms. The predicted molar refractivity (Wildman–Crippen MR) is 156 cm³/mol. The van der Waals surface area contributed by atoms with Crippen LogP contribution in [-0.2, 0) is 0 Å². The van der Waals surface area contributed by atoms with Gasteiger partial charge in [0, 0.05) is 36.6 Å². The topological polar surface area (TPSA) is 89.4 Å². The second-order valence-electron chi connectivity index (χ2n) is 11.1. The molecule has 4 aromatic rings. The first kappa shape index (κ1) is 27.1. The van der Waals surface area contributed by atoms with E-state index >= 15 is 0 Å². The predicted octanol–water partition coefficient (Wildman–Crippen LogP) is 6.16. The van der Waals surface area contributed by atoms with Gasteiger partial charge in [0.2, 0.25) is 0 Å². The smallest absolute Gasteiger partial charge is 0.257 e. The fourth-order valence-electron chi connectivity index (χ4n) is 4.98. The number of aromatic nitrogens is 3. The van der Waals surface area contributed by atoms with E-state index in [-0.39, 0.29) is 23.5 Å². The second kappa shape index (κ2) is 11.3. The minimum Gasteiger partial charge on any atom is -0.488 e. The lowest BCUT2D eigenvalue weighted by Gasteiger charge is -2.32. The number of aryl methyl sites for hydroxylation is 1. The molecule has 0 atom stereocenters. The molecule has 8 heteroatoms. The summed E-state index contributed by atoms with van der Waals surface area (Å²) in [6.45, 7) is 9.27. The lowest BCUT2D eigenvalue weighted by Crippen LogP contribution is -2.39. The van der Waals surface area contributed by atoms with Gasteiger partial charge in [-0.1, -0.05) is 24.3 Å². The Morgan fingerprint density at radius 2 is 1.70 bits per heavy atom. The van der Waals surface area contributed by atoms with Crippen LogP contribution in [0.5, 0.6) is 5.75 Å². The molecule has 0 aliphatic carbocycles. The number of benzene rings is 2. The van der Waals surface area contributed by atoms with Crippen LogP contribution >= 0.6 is 0 Å². The Hall–Kier alpha value is -4.46. The van der Waals surface area contributed by atoms with Crippen molar-refractivity contribution in [3.05, 3.63) is 95.9 Å². The Morgan fingerprint density at radius 1 is 0.975 bits per heavy atom. The third-order valence-corrected chi connectivity index (χ3v) is 6.96. The van der Waals surface area contributed by atoms with E-state index in [9.17, 15) is 9.59 Å². The molecule has 0 spiro atoms. The van der Waals surface area contributed by atoms with Crippen LogP contribution in [0.3, 0.4) is 0 Å². The molecule has 0 unspecified atom stereocenters. The summed E-state index contributed by atoms with van der Waals surface area (Å²) in [5, 5.41) is 7.49. The Morgan fingerprint density at radius 3 is 2.40 bits per heavy atom. The summed E-state index contributed by atoms with van der Waals surface area (Å²) in [5.41, 5.74) is 4.14. The molecule has 1 saturated heterocycles. The molecule has 0 radical (unpaired) electrons. The number of anilines is 1. The lowest BCUT2D eigenvalue weighted by molar-refractivity contribution is 0.0689. The maximum Gasteiger partial charge on any atom is 0.257 e. The SMILES string of the molecule is Cc1ccccc1-c1ncccc1C(=O)Nc1cnn(C2CCN(C(=O)c3ccc(OC(C)(C)C)cc3)CC2)c1. The average molecular weight is 538 g/mol. The molecular formula is C32H35N5O3. The number of carbonyl (C=O) groups is 2. The maximum atomic E-state index is 13.2. The fourth-order valence-corrected chi connectivity index (χ4v) is 4.98. The highest BCUT2D eigenvalue weighted by Gasteiger charge is 2.26. The third kappa shape index (κ3) is 6.22. The zero-order valence-electron chi connectivity index (χ0n) is 23.4. The fraction of sp³-hybridized carbons (Fsp3) is 0.312. The van der Waals surface area contributed by atoms with Crippen LogP contribution in [-0.4, -0.2) is 50.2 Å². The summed E-state index contributed by atoms with van der Waals surface area (Å²) < 4.78 is 7.75. The molecule has 1 fully saturated rings. The van der Waals surface area contributed by atoms with Gasteiger partial charge in [-0.2, -0.15) is 5.10 Å². The average Bonchev–Trinajstić information content (AvgIpc) is 3.41. The second-order valence-corrected chi connectivity index (χ2v) is 11.1. The maximum absolute atomic E-state index is 13.2.